The summed E-state index contributed by atoms with van der Waals surface area (Å²) in [6.45, 7) is 8.17. The van der Waals surface area contributed by atoms with Crippen molar-refractivity contribution in [3.05, 3.63) is 29.8 Å². The van der Waals surface area contributed by atoms with E-state index in [9.17, 15) is 8.42 Å². The molecule has 3 nitrogen and oxygen atoms in total. The Kier molecular flexibility index (Phi) is 5.41. The summed E-state index contributed by atoms with van der Waals surface area (Å²) in [6.07, 6.45) is 2.55. The zero-order valence-electron chi connectivity index (χ0n) is 12.3. The minimum absolute atomic E-state index is 0.0827. The van der Waals surface area contributed by atoms with E-state index in [4.69, 9.17) is 4.18 Å². The standard InChI is InChI=1S/C15H24O3S/c1-5-6-9-12-19(16,17)18-14-11-8-7-10-13(14)15(2,3)4/h7-8,10-11H,5-6,9,12H2,1-4H3. The van der Waals surface area contributed by atoms with Crippen LogP contribution in [0.3, 0.4) is 0 Å². The molecule has 0 amide bonds. The number of unbranched alkanes of at least 4 members (excludes halogenated alkanes) is 2. The van der Waals surface area contributed by atoms with E-state index in [1.54, 1.807) is 12.1 Å². The molecule has 0 aliphatic heterocycles. The van der Waals surface area contributed by atoms with E-state index in [-0.39, 0.29) is 11.2 Å². The van der Waals surface area contributed by atoms with Crippen molar-refractivity contribution in [2.75, 3.05) is 5.75 Å². The molecule has 0 aromatic heterocycles. The van der Waals surface area contributed by atoms with Gasteiger partial charge in [-0.15, -0.1) is 0 Å². The van der Waals surface area contributed by atoms with E-state index < -0.39 is 10.1 Å². The quantitative estimate of drug-likeness (QED) is 0.588. The molecule has 0 saturated carbocycles. The van der Waals surface area contributed by atoms with Gasteiger partial charge in [-0.05, 0) is 17.9 Å². The molecule has 19 heavy (non-hydrogen) atoms. The van der Waals surface area contributed by atoms with Crippen LogP contribution in [0.1, 0.15) is 52.5 Å². The molecule has 4 heteroatoms. The number of benzene rings is 1. The molecule has 1 aromatic carbocycles. The zero-order chi connectivity index (χ0) is 14.5. The van der Waals surface area contributed by atoms with Gasteiger partial charge in [0.15, 0.2) is 0 Å². The molecule has 0 saturated heterocycles. The molecule has 0 bridgehead atoms. The van der Waals surface area contributed by atoms with Crippen LogP contribution in [0.5, 0.6) is 5.75 Å². The summed E-state index contributed by atoms with van der Waals surface area (Å²) in [5, 5.41) is 0. The van der Waals surface area contributed by atoms with Crippen LogP contribution in [-0.4, -0.2) is 14.2 Å². The molecule has 1 aromatic rings. The predicted molar refractivity (Wildman–Crippen MR) is 79.1 cm³/mol. The highest BCUT2D eigenvalue weighted by atomic mass is 32.2. The van der Waals surface area contributed by atoms with Gasteiger partial charge in [0.25, 0.3) is 0 Å². The highest BCUT2D eigenvalue weighted by molar-refractivity contribution is 7.87. The third-order valence-electron chi connectivity index (χ3n) is 2.91. The van der Waals surface area contributed by atoms with E-state index in [1.165, 1.54) is 0 Å². The van der Waals surface area contributed by atoms with Crippen molar-refractivity contribution in [2.24, 2.45) is 0 Å². The normalized spacial score (nSPS) is 12.4. The molecule has 108 valence electrons. The highest BCUT2D eigenvalue weighted by Crippen LogP contribution is 2.31. The van der Waals surface area contributed by atoms with Crippen molar-refractivity contribution >= 4 is 10.1 Å². The molecule has 0 atom stereocenters. The summed E-state index contributed by atoms with van der Waals surface area (Å²) in [7, 11) is -3.49. The van der Waals surface area contributed by atoms with Crippen LogP contribution < -0.4 is 4.18 Å². The fourth-order valence-corrected chi connectivity index (χ4v) is 2.93. The van der Waals surface area contributed by atoms with Gasteiger partial charge >= 0.3 is 10.1 Å². The van der Waals surface area contributed by atoms with E-state index in [0.717, 1.165) is 18.4 Å². The first kappa shape index (κ1) is 16.0. The lowest BCUT2D eigenvalue weighted by molar-refractivity contribution is 0.468. The molecule has 0 aliphatic carbocycles. The van der Waals surface area contributed by atoms with Gasteiger partial charge in [0.1, 0.15) is 5.75 Å². The molecular weight excluding hydrogens is 260 g/mol. The molecule has 0 radical (unpaired) electrons. The summed E-state index contributed by atoms with van der Waals surface area (Å²) in [5.41, 5.74) is 0.768. The molecule has 1 rings (SSSR count). The first-order chi connectivity index (χ1) is 8.76. The van der Waals surface area contributed by atoms with Gasteiger partial charge in [-0.25, -0.2) is 0 Å². The Balaban J connectivity index is 2.88. The van der Waals surface area contributed by atoms with Crippen molar-refractivity contribution in [2.45, 2.75) is 52.4 Å². The SMILES string of the molecule is CCCCCS(=O)(=O)Oc1ccccc1C(C)(C)C. The summed E-state index contributed by atoms with van der Waals surface area (Å²) in [5.74, 6) is 0.533. The summed E-state index contributed by atoms with van der Waals surface area (Å²) in [6, 6.07) is 7.33. The fourth-order valence-electron chi connectivity index (χ4n) is 1.87. The largest absolute Gasteiger partial charge is 0.382 e. The van der Waals surface area contributed by atoms with Gasteiger partial charge < -0.3 is 4.18 Å². The topological polar surface area (TPSA) is 43.4 Å². The molecule has 0 heterocycles. The van der Waals surface area contributed by atoms with Crippen LogP contribution in [0, 0.1) is 0 Å². The Morgan fingerprint density at radius 2 is 1.74 bits per heavy atom. The average Bonchev–Trinajstić information content (AvgIpc) is 2.27. The second-order valence-electron chi connectivity index (χ2n) is 5.80. The van der Waals surface area contributed by atoms with Crippen LogP contribution in [0.4, 0.5) is 0 Å². The van der Waals surface area contributed by atoms with Gasteiger partial charge in [-0.3, -0.25) is 0 Å². The van der Waals surface area contributed by atoms with Crippen molar-refractivity contribution in [3.63, 3.8) is 0 Å². The molecule has 0 fully saturated rings. The van der Waals surface area contributed by atoms with Gasteiger partial charge in [0, 0.05) is 5.56 Å². The molecule has 0 unspecified atom stereocenters. The van der Waals surface area contributed by atoms with Crippen LogP contribution in [-0.2, 0) is 15.5 Å². The third kappa shape index (κ3) is 5.23. The number of para-hydroxylation sites is 1. The summed E-state index contributed by atoms with van der Waals surface area (Å²) >= 11 is 0. The van der Waals surface area contributed by atoms with Crippen molar-refractivity contribution in [1.82, 2.24) is 0 Å². The van der Waals surface area contributed by atoms with Gasteiger partial charge in [0.05, 0.1) is 5.75 Å². The first-order valence-electron chi connectivity index (χ1n) is 6.78. The second-order valence-corrected chi connectivity index (χ2v) is 7.49. The van der Waals surface area contributed by atoms with Crippen LogP contribution in [0.15, 0.2) is 24.3 Å². The molecular formula is C15H24O3S. The molecule has 0 spiro atoms. The number of hydrogen-bond donors (Lipinski definition) is 0. The Bertz CT molecular complexity index is 498. The van der Waals surface area contributed by atoms with Gasteiger partial charge in [-0.1, -0.05) is 58.7 Å². The van der Waals surface area contributed by atoms with E-state index >= 15 is 0 Å². The lowest BCUT2D eigenvalue weighted by Crippen LogP contribution is -2.18. The predicted octanol–water partition coefficient (Wildman–Crippen LogP) is 3.88. The zero-order valence-corrected chi connectivity index (χ0v) is 13.1. The van der Waals surface area contributed by atoms with E-state index in [1.807, 2.05) is 39.8 Å². The second kappa shape index (κ2) is 6.42. The van der Waals surface area contributed by atoms with Crippen LogP contribution in [0.2, 0.25) is 0 Å². The van der Waals surface area contributed by atoms with E-state index in [0.29, 0.717) is 12.2 Å². The van der Waals surface area contributed by atoms with Crippen LogP contribution in [0.25, 0.3) is 0 Å². The maximum Gasteiger partial charge on any atom is 0.309 e. The maximum atomic E-state index is 11.9. The Morgan fingerprint density at radius 1 is 1.11 bits per heavy atom. The minimum Gasteiger partial charge on any atom is -0.382 e. The smallest absolute Gasteiger partial charge is 0.309 e. The molecule has 0 N–H and O–H groups in total. The average molecular weight is 284 g/mol. The van der Waals surface area contributed by atoms with E-state index in [2.05, 4.69) is 0 Å². The third-order valence-corrected chi connectivity index (χ3v) is 4.13. The van der Waals surface area contributed by atoms with Gasteiger partial charge in [0.2, 0.25) is 0 Å². The van der Waals surface area contributed by atoms with Crippen molar-refractivity contribution < 1.29 is 12.6 Å². The number of hydrogen-bond acceptors (Lipinski definition) is 3. The lowest BCUT2D eigenvalue weighted by atomic mass is 9.86. The minimum atomic E-state index is -3.49. The molecule has 0 aliphatic rings. The van der Waals surface area contributed by atoms with Crippen LogP contribution >= 0.6 is 0 Å². The lowest BCUT2D eigenvalue weighted by Gasteiger charge is -2.22. The summed E-state index contributed by atoms with van der Waals surface area (Å²) in [4.78, 5) is 0. The summed E-state index contributed by atoms with van der Waals surface area (Å²) < 4.78 is 29.1. The van der Waals surface area contributed by atoms with Gasteiger partial charge in [-0.2, -0.15) is 8.42 Å². The maximum absolute atomic E-state index is 11.9. The van der Waals surface area contributed by atoms with Crippen molar-refractivity contribution in [3.8, 4) is 5.75 Å². The highest BCUT2D eigenvalue weighted by Gasteiger charge is 2.21. The Hall–Kier alpha value is -1.03. The monoisotopic (exact) mass is 284 g/mol. The first-order valence-corrected chi connectivity index (χ1v) is 8.35. The Labute approximate surface area is 117 Å². The van der Waals surface area contributed by atoms with Crippen molar-refractivity contribution in [1.29, 1.82) is 0 Å². The Morgan fingerprint density at radius 3 is 2.32 bits per heavy atom. The number of rotatable bonds is 6. The fraction of sp³-hybridized carbons (Fsp3) is 0.600.